The topological polar surface area (TPSA) is 59.1 Å². The molecule has 0 fully saturated rings. The molecule has 0 aliphatic heterocycles. The van der Waals surface area contributed by atoms with E-state index in [1.165, 1.54) is 0 Å². The Balaban J connectivity index is 2.00. The Hall–Kier alpha value is -1.88. The SMILES string of the molecule is O=[SH](=O)c1ccc(NCc2ccccn2)cc1. The zero-order valence-corrected chi connectivity index (χ0v) is 9.93. The van der Waals surface area contributed by atoms with Crippen LogP contribution >= 0.6 is 0 Å². The zero-order chi connectivity index (χ0) is 12.1. The largest absolute Gasteiger partial charge is 0.379 e. The summed E-state index contributed by atoms with van der Waals surface area (Å²) in [6.07, 6.45) is 1.74. The van der Waals surface area contributed by atoms with Gasteiger partial charge in [-0.25, -0.2) is 8.42 Å². The number of anilines is 1. The highest BCUT2D eigenvalue weighted by Crippen LogP contribution is 2.11. The molecule has 0 aliphatic carbocycles. The molecule has 0 amide bonds. The minimum Gasteiger partial charge on any atom is -0.379 e. The highest BCUT2D eigenvalue weighted by atomic mass is 32.2. The first-order valence-corrected chi connectivity index (χ1v) is 6.32. The van der Waals surface area contributed by atoms with Crippen LogP contribution in [0.2, 0.25) is 0 Å². The van der Waals surface area contributed by atoms with Crippen LogP contribution in [-0.4, -0.2) is 13.4 Å². The summed E-state index contributed by atoms with van der Waals surface area (Å²) < 4.78 is 21.4. The fourth-order valence-corrected chi connectivity index (χ4v) is 1.79. The number of hydrogen-bond acceptors (Lipinski definition) is 4. The average Bonchev–Trinajstić information content (AvgIpc) is 2.38. The summed E-state index contributed by atoms with van der Waals surface area (Å²) in [5.74, 6) is 0. The van der Waals surface area contributed by atoms with Gasteiger partial charge in [0, 0.05) is 11.9 Å². The van der Waals surface area contributed by atoms with E-state index in [1.54, 1.807) is 30.5 Å². The first kappa shape index (κ1) is 11.6. The van der Waals surface area contributed by atoms with Crippen molar-refractivity contribution in [1.29, 1.82) is 0 Å². The van der Waals surface area contributed by atoms with Crippen molar-refractivity contribution in [3.05, 3.63) is 54.4 Å². The molecule has 17 heavy (non-hydrogen) atoms. The summed E-state index contributed by atoms with van der Waals surface area (Å²) >= 11 is 0. The van der Waals surface area contributed by atoms with E-state index in [1.807, 2.05) is 18.2 Å². The van der Waals surface area contributed by atoms with Crippen molar-refractivity contribution >= 4 is 16.4 Å². The molecule has 1 N–H and O–H groups in total. The van der Waals surface area contributed by atoms with Crippen LogP contribution in [0.1, 0.15) is 5.69 Å². The number of aromatic nitrogens is 1. The number of benzene rings is 1. The highest BCUT2D eigenvalue weighted by Gasteiger charge is 1.96. The van der Waals surface area contributed by atoms with Gasteiger partial charge in [-0.05, 0) is 36.4 Å². The molecule has 0 spiro atoms. The van der Waals surface area contributed by atoms with E-state index in [0.717, 1.165) is 11.4 Å². The van der Waals surface area contributed by atoms with Crippen LogP contribution in [0, 0.1) is 0 Å². The van der Waals surface area contributed by atoms with Crippen LogP contribution in [0.25, 0.3) is 0 Å². The van der Waals surface area contributed by atoms with Gasteiger partial charge in [-0.3, -0.25) is 4.98 Å². The zero-order valence-electron chi connectivity index (χ0n) is 9.04. The molecule has 1 aromatic carbocycles. The van der Waals surface area contributed by atoms with Gasteiger partial charge in [0.2, 0.25) is 0 Å². The normalized spacial score (nSPS) is 10.4. The fraction of sp³-hybridized carbons (Fsp3) is 0.0833. The van der Waals surface area contributed by atoms with Crippen molar-refractivity contribution in [2.45, 2.75) is 11.4 Å². The van der Waals surface area contributed by atoms with Gasteiger partial charge < -0.3 is 5.32 Å². The maximum atomic E-state index is 10.7. The van der Waals surface area contributed by atoms with Gasteiger partial charge in [0.05, 0.1) is 17.1 Å². The number of nitrogens with zero attached hydrogens (tertiary/aromatic N) is 1. The molecule has 0 atom stereocenters. The maximum Gasteiger partial charge on any atom is 0.168 e. The van der Waals surface area contributed by atoms with Crippen molar-refractivity contribution in [2.24, 2.45) is 0 Å². The lowest BCUT2D eigenvalue weighted by molar-refractivity contribution is 0.614. The van der Waals surface area contributed by atoms with E-state index in [4.69, 9.17) is 0 Å². The number of rotatable bonds is 4. The van der Waals surface area contributed by atoms with Crippen LogP contribution in [0.3, 0.4) is 0 Å². The maximum absolute atomic E-state index is 10.7. The first-order chi connectivity index (χ1) is 8.25. The van der Waals surface area contributed by atoms with E-state index in [0.29, 0.717) is 11.4 Å². The summed E-state index contributed by atoms with van der Waals surface area (Å²) in [6, 6.07) is 12.3. The smallest absolute Gasteiger partial charge is 0.168 e. The second kappa shape index (κ2) is 5.45. The molecule has 1 heterocycles. The molecule has 2 aromatic rings. The standard InChI is InChI=1S/C12H12N2O2S/c15-17(16)12-6-4-10(5-7-12)14-9-11-3-1-2-8-13-11/h1-8,14,17H,9H2. The predicted octanol–water partition coefficient (Wildman–Crippen LogP) is 1.66. The molecule has 0 radical (unpaired) electrons. The molecule has 2 rings (SSSR count). The van der Waals surface area contributed by atoms with Crippen molar-refractivity contribution in [2.75, 3.05) is 5.32 Å². The van der Waals surface area contributed by atoms with E-state index in [-0.39, 0.29) is 0 Å². The first-order valence-electron chi connectivity index (χ1n) is 5.14. The Labute approximate surface area is 101 Å². The number of thiol groups is 1. The summed E-state index contributed by atoms with van der Waals surface area (Å²) in [4.78, 5) is 4.50. The van der Waals surface area contributed by atoms with E-state index in [9.17, 15) is 8.42 Å². The molecule has 0 saturated heterocycles. The van der Waals surface area contributed by atoms with Gasteiger partial charge in [0.15, 0.2) is 10.7 Å². The van der Waals surface area contributed by atoms with E-state index in [2.05, 4.69) is 10.3 Å². The third kappa shape index (κ3) is 3.29. The van der Waals surface area contributed by atoms with Crippen LogP contribution in [-0.2, 0) is 17.2 Å². The van der Waals surface area contributed by atoms with Crippen LogP contribution in [0.5, 0.6) is 0 Å². The molecule has 88 valence electrons. The van der Waals surface area contributed by atoms with Crippen LogP contribution in [0.4, 0.5) is 5.69 Å². The Bertz CT molecular complexity index is 542. The Morgan fingerprint density at radius 1 is 1.06 bits per heavy atom. The van der Waals surface area contributed by atoms with Gasteiger partial charge in [0.25, 0.3) is 0 Å². The molecule has 0 aliphatic rings. The van der Waals surface area contributed by atoms with Gasteiger partial charge in [0.1, 0.15) is 0 Å². The molecule has 1 aromatic heterocycles. The van der Waals surface area contributed by atoms with Crippen LogP contribution in [0.15, 0.2) is 53.6 Å². The Morgan fingerprint density at radius 3 is 2.41 bits per heavy atom. The van der Waals surface area contributed by atoms with Crippen molar-refractivity contribution in [1.82, 2.24) is 4.98 Å². The second-order valence-electron chi connectivity index (χ2n) is 3.48. The summed E-state index contributed by atoms with van der Waals surface area (Å²) in [5, 5.41) is 3.17. The number of hydrogen-bond donors (Lipinski definition) is 2. The fourth-order valence-electron chi connectivity index (χ4n) is 1.40. The van der Waals surface area contributed by atoms with Gasteiger partial charge in [-0.1, -0.05) is 6.07 Å². The minimum atomic E-state index is -2.50. The molecular formula is C12H12N2O2S. The molecule has 5 heteroatoms. The molecule has 0 saturated carbocycles. The Morgan fingerprint density at radius 2 is 1.82 bits per heavy atom. The summed E-state index contributed by atoms with van der Waals surface area (Å²) in [6.45, 7) is 0.615. The third-order valence-corrected chi connectivity index (χ3v) is 3.00. The van der Waals surface area contributed by atoms with Gasteiger partial charge >= 0.3 is 0 Å². The number of nitrogens with one attached hydrogen (secondary N) is 1. The number of pyridine rings is 1. The van der Waals surface area contributed by atoms with Crippen molar-refractivity contribution in [3.63, 3.8) is 0 Å². The molecule has 0 bridgehead atoms. The van der Waals surface area contributed by atoms with Gasteiger partial charge in [-0.2, -0.15) is 0 Å². The Kier molecular flexibility index (Phi) is 3.72. The lowest BCUT2D eigenvalue weighted by Gasteiger charge is -2.05. The summed E-state index contributed by atoms with van der Waals surface area (Å²) in [7, 11) is -2.50. The second-order valence-corrected chi connectivity index (χ2v) is 4.51. The average molecular weight is 248 g/mol. The monoisotopic (exact) mass is 248 g/mol. The van der Waals surface area contributed by atoms with Gasteiger partial charge in [-0.15, -0.1) is 0 Å². The minimum absolute atomic E-state index is 0.323. The predicted molar refractivity (Wildman–Crippen MR) is 66.6 cm³/mol. The molecule has 4 nitrogen and oxygen atoms in total. The highest BCUT2D eigenvalue weighted by molar-refractivity contribution is 7.72. The van der Waals surface area contributed by atoms with E-state index < -0.39 is 10.7 Å². The third-order valence-electron chi connectivity index (χ3n) is 2.28. The van der Waals surface area contributed by atoms with Crippen molar-refractivity contribution < 1.29 is 8.42 Å². The molecular weight excluding hydrogens is 236 g/mol. The molecule has 0 unspecified atom stereocenters. The lowest BCUT2D eigenvalue weighted by atomic mass is 10.3. The lowest BCUT2D eigenvalue weighted by Crippen LogP contribution is -2.00. The quantitative estimate of drug-likeness (QED) is 0.808. The summed E-state index contributed by atoms with van der Waals surface area (Å²) in [5.41, 5.74) is 1.81. The van der Waals surface area contributed by atoms with Crippen LogP contribution < -0.4 is 5.32 Å². The van der Waals surface area contributed by atoms with E-state index >= 15 is 0 Å². The van der Waals surface area contributed by atoms with Crippen molar-refractivity contribution in [3.8, 4) is 0 Å².